The Kier molecular flexibility index (Phi) is 2.13. The number of fused-ring (bicyclic) bond motifs is 1. The zero-order valence-corrected chi connectivity index (χ0v) is 9.70. The van der Waals surface area contributed by atoms with E-state index in [2.05, 4.69) is 27.0 Å². The third-order valence-corrected chi connectivity index (χ3v) is 2.97. The number of nitrogens with zero attached hydrogens (tertiary/aromatic N) is 1. The molecule has 0 spiro atoms. The van der Waals surface area contributed by atoms with Crippen molar-refractivity contribution in [2.45, 2.75) is 18.9 Å². The lowest BCUT2D eigenvalue weighted by atomic mass is 10.2. The fourth-order valence-corrected chi connectivity index (χ4v) is 1.92. The van der Waals surface area contributed by atoms with Crippen molar-refractivity contribution < 1.29 is 4.74 Å². The molecule has 0 amide bonds. The lowest BCUT2D eigenvalue weighted by Crippen LogP contribution is -1.96. The SMILES string of the molecule is Brc1ccc2nccc(OC3CC3)c2c1. The van der Waals surface area contributed by atoms with Gasteiger partial charge in [0.05, 0.1) is 11.6 Å². The molecule has 1 saturated carbocycles. The van der Waals surface area contributed by atoms with Gasteiger partial charge >= 0.3 is 0 Å². The van der Waals surface area contributed by atoms with Crippen molar-refractivity contribution in [2.75, 3.05) is 0 Å². The van der Waals surface area contributed by atoms with Crippen molar-refractivity contribution in [2.24, 2.45) is 0 Å². The number of hydrogen-bond acceptors (Lipinski definition) is 2. The Morgan fingerprint density at radius 3 is 2.93 bits per heavy atom. The second-order valence-corrected chi connectivity index (χ2v) is 4.70. The molecule has 2 nitrogen and oxygen atoms in total. The molecule has 0 aliphatic heterocycles. The van der Waals surface area contributed by atoms with Crippen molar-refractivity contribution >= 4 is 26.8 Å². The number of rotatable bonds is 2. The van der Waals surface area contributed by atoms with Gasteiger partial charge in [-0.05, 0) is 37.1 Å². The van der Waals surface area contributed by atoms with E-state index in [9.17, 15) is 0 Å². The van der Waals surface area contributed by atoms with E-state index in [0.29, 0.717) is 6.10 Å². The molecule has 0 radical (unpaired) electrons. The van der Waals surface area contributed by atoms with Crippen molar-refractivity contribution in [1.82, 2.24) is 4.98 Å². The summed E-state index contributed by atoms with van der Waals surface area (Å²) in [6, 6.07) is 7.99. The van der Waals surface area contributed by atoms with Crippen LogP contribution in [0.2, 0.25) is 0 Å². The summed E-state index contributed by atoms with van der Waals surface area (Å²) >= 11 is 3.47. The number of ether oxygens (including phenoxy) is 1. The molecule has 3 rings (SSSR count). The van der Waals surface area contributed by atoms with E-state index < -0.39 is 0 Å². The zero-order valence-electron chi connectivity index (χ0n) is 8.11. The first-order chi connectivity index (χ1) is 7.33. The zero-order chi connectivity index (χ0) is 10.3. The molecule has 1 aliphatic carbocycles. The van der Waals surface area contributed by atoms with Gasteiger partial charge in [0.2, 0.25) is 0 Å². The van der Waals surface area contributed by atoms with Crippen LogP contribution in [0.25, 0.3) is 10.9 Å². The molecule has 3 heteroatoms. The Morgan fingerprint density at radius 1 is 1.27 bits per heavy atom. The van der Waals surface area contributed by atoms with Crippen LogP contribution in [0, 0.1) is 0 Å². The molecule has 1 aromatic carbocycles. The minimum atomic E-state index is 0.426. The molecule has 1 heterocycles. The number of benzene rings is 1. The van der Waals surface area contributed by atoms with Crippen LogP contribution < -0.4 is 4.74 Å². The van der Waals surface area contributed by atoms with Gasteiger partial charge in [0, 0.05) is 16.1 Å². The minimum Gasteiger partial charge on any atom is -0.490 e. The average molecular weight is 264 g/mol. The fraction of sp³-hybridized carbons (Fsp3) is 0.250. The molecule has 0 bridgehead atoms. The summed E-state index contributed by atoms with van der Waals surface area (Å²) in [4.78, 5) is 4.31. The van der Waals surface area contributed by atoms with Gasteiger partial charge in [-0.2, -0.15) is 0 Å². The Labute approximate surface area is 96.4 Å². The van der Waals surface area contributed by atoms with Gasteiger partial charge < -0.3 is 4.74 Å². The van der Waals surface area contributed by atoms with E-state index in [-0.39, 0.29) is 0 Å². The lowest BCUT2D eigenvalue weighted by molar-refractivity contribution is 0.307. The van der Waals surface area contributed by atoms with Gasteiger partial charge in [0.25, 0.3) is 0 Å². The molecule has 1 fully saturated rings. The van der Waals surface area contributed by atoms with Crippen LogP contribution in [-0.2, 0) is 0 Å². The first-order valence-electron chi connectivity index (χ1n) is 5.04. The summed E-state index contributed by atoms with van der Waals surface area (Å²) in [6.45, 7) is 0. The van der Waals surface area contributed by atoms with E-state index >= 15 is 0 Å². The highest BCUT2D eigenvalue weighted by atomic mass is 79.9. The molecule has 1 aromatic heterocycles. The summed E-state index contributed by atoms with van der Waals surface area (Å²) in [5, 5.41) is 1.08. The normalized spacial score (nSPS) is 15.5. The predicted octanol–water partition coefficient (Wildman–Crippen LogP) is 3.54. The highest BCUT2D eigenvalue weighted by Crippen LogP contribution is 2.32. The third kappa shape index (κ3) is 1.84. The maximum absolute atomic E-state index is 5.83. The topological polar surface area (TPSA) is 22.1 Å². The Morgan fingerprint density at radius 2 is 2.13 bits per heavy atom. The smallest absolute Gasteiger partial charge is 0.130 e. The fourth-order valence-electron chi connectivity index (χ4n) is 1.56. The Balaban J connectivity index is 2.13. The van der Waals surface area contributed by atoms with Gasteiger partial charge in [0.1, 0.15) is 5.75 Å². The van der Waals surface area contributed by atoms with Crippen LogP contribution in [-0.4, -0.2) is 11.1 Å². The summed E-state index contributed by atoms with van der Waals surface area (Å²) in [5.74, 6) is 0.948. The van der Waals surface area contributed by atoms with Crippen LogP contribution in [0.5, 0.6) is 5.75 Å². The average Bonchev–Trinajstić information content (AvgIpc) is 3.03. The molecule has 0 saturated heterocycles. The summed E-state index contributed by atoms with van der Waals surface area (Å²) in [5.41, 5.74) is 0.983. The van der Waals surface area contributed by atoms with Crippen LogP contribution in [0.1, 0.15) is 12.8 Å². The minimum absolute atomic E-state index is 0.426. The lowest BCUT2D eigenvalue weighted by Gasteiger charge is -2.07. The predicted molar refractivity (Wildman–Crippen MR) is 63.1 cm³/mol. The van der Waals surface area contributed by atoms with E-state index in [1.807, 2.05) is 18.2 Å². The molecular formula is C12H10BrNO. The maximum atomic E-state index is 5.83. The first-order valence-corrected chi connectivity index (χ1v) is 5.83. The van der Waals surface area contributed by atoms with Crippen LogP contribution in [0.3, 0.4) is 0 Å². The van der Waals surface area contributed by atoms with E-state index in [4.69, 9.17) is 4.74 Å². The largest absolute Gasteiger partial charge is 0.490 e. The second kappa shape index (κ2) is 3.49. The monoisotopic (exact) mass is 263 g/mol. The van der Waals surface area contributed by atoms with Gasteiger partial charge in [-0.3, -0.25) is 4.98 Å². The molecular weight excluding hydrogens is 254 g/mol. The summed E-state index contributed by atoms with van der Waals surface area (Å²) in [7, 11) is 0. The quantitative estimate of drug-likeness (QED) is 0.827. The second-order valence-electron chi connectivity index (χ2n) is 3.79. The Hall–Kier alpha value is -1.09. The number of pyridine rings is 1. The number of halogens is 1. The van der Waals surface area contributed by atoms with Crippen LogP contribution >= 0.6 is 15.9 Å². The van der Waals surface area contributed by atoms with Crippen LogP contribution in [0.4, 0.5) is 0 Å². The molecule has 76 valence electrons. The number of aromatic nitrogens is 1. The molecule has 0 atom stereocenters. The van der Waals surface area contributed by atoms with Crippen LogP contribution in [0.15, 0.2) is 34.9 Å². The van der Waals surface area contributed by atoms with Crippen molar-refractivity contribution in [3.8, 4) is 5.75 Å². The van der Waals surface area contributed by atoms with Crippen molar-refractivity contribution in [3.05, 3.63) is 34.9 Å². The molecule has 0 unspecified atom stereocenters. The van der Waals surface area contributed by atoms with Gasteiger partial charge in [-0.1, -0.05) is 15.9 Å². The highest BCUT2D eigenvalue weighted by molar-refractivity contribution is 9.10. The molecule has 2 aromatic rings. The van der Waals surface area contributed by atoms with Gasteiger partial charge in [-0.25, -0.2) is 0 Å². The van der Waals surface area contributed by atoms with Crippen molar-refractivity contribution in [1.29, 1.82) is 0 Å². The molecule has 0 N–H and O–H groups in total. The summed E-state index contributed by atoms with van der Waals surface area (Å²) in [6.07, 6.45) is 4.58. The summed E-state index contributed by atoms with van der Waals surface area (Å²) < 4.78 is 6.89. The Bertz CT molecular complexity index is 508. The number of hydrogen-bond donors (Lipinski definition) is 0. The standard InChI is InChI=1S/C12H10BrNO/c13-8-1-4-11-10(7-8)12(5-6-14-11)15-9-2-3-9/h1,4-7,9H,2-3H2. The first kappa shape index (κ1) is 9.16. The van der Waals surface area contributed by atoms with Gasteiger partial charge in [0.15, 0.2) is 0 Å². The van der Waals surface area contributed by atoms with Gasteiger partial charge in [-0.15, -0.1) is 0 Å². The maximum Gasteiger partial charge on any atom is 0.130 e. The third-order valence-electron chi connectivity index (χ3n) is 2.48. The van der Waals surface area contributed by atoms with Crippen molar-refractivity contribution in [3.63, 3.8) is 0 Å². The molecule has 15 heavy (non-hydrogen) atoms. The van der Waals surface area contributed by atoms with E-state index in [1.165, 1.54) is 12.8 Å². The molecule has 1 aliphatic rings. The van der Waals surface area contributed by atoms with E-state index in [0.717, 1.165) is 21.1 Å². The van der Waals surface area contributed by atoms with E-state index in [1.54, 1.807) is 6.20 Å². The highest BCUT2D eigenvalue weighted by Gasteiger charge is 2.24.